The Morgan fingerprint density at radius 2 is 2.15 bits per heavy atom. The van der Waals surface area contributed by atoms with Crippen LogP contribution in [0.5, 0.6) is 0 Å². The fourth-order valence-electron chi connectivity index (χ4n) is 0.660. The average Bonchev–Trinajstić information content (AvgIpc) is 2.02. The minimum Gasteiger partial charge on any atom is -0.307 e. The Labute approximate surface area is 97.5 Å². The molecule has 0 saturated heterocycles. The van der Waals surface area contributed by atoms with Gasteiger partial charge in [-0.05, 0) is 0 Å². The van der Waals surface area contributed by atoms with Crippen molar-refractivity contribution >= 4 is 50.7 Å². The molecule has 1 N–H and O–H groups in total. The summed E-state index contributed by atoms with van der Waals surface area (Å²) in [5.74, 6) is 0.0206. The second kappa shape index (κ2) is 4.17. The minimum absolute atomic E-state index is 0.0206. The fourth-order valence-corrected chi connectivity index (χ4v) is 1.35. The van der Waals surface area contributed by atoms with Crippen molar-refractivity contribution in [3.63, 3.8) is 0 Å². The van der Waals surface area contributed by atoms with Crippen LogP contribution in [0.15, 0.2) is 11.0 Å². The molecule has 1 heterocycles. The highest BCUT2D eigenvalue weighted by Gasteiger charge is 2.25. The Bertz CT molecular complexity index is 360. The zero-order chi connectivity index (χ0) is 10.1. The molecule has 0 amide bonds. The van der Waals surface area contributed by atoms with Crippen LogP contribution in [0.25, 0.3) is 0 Å². The van der Waals surface area contributed by atoms with E-state index in [9.17, 15) is 4.79 Å². The van der Waals surface area contributed by atoms with Gasteiger partial charge in [0, 0.05) is 17.1 Å². The summed E-state index contributed by atoms with van der Waals surface area (Å²) < 4.78 is -1.69. The molecular formula is C6H4BrCl3N2O. The Kier molecular flexibility index (Phi) is 3.63. The predicted octanol–water partition coefficient (Wildman–Crippen LogP) is 2.49. The third-order valence-corrected chi connectivity index (χ3v) is 2.43. The summed E-state index contributed by atoms with van der Waals surface area (Å²) >= 11 is 19.7. The summed E-state index contributed by atoms with van der Waals surface area (Å²) in [4.78, 5) is 17.4. The summed E-state index contributed by atoms with van der Waals surface area (Å²) in [7, 11) is 0. The van der Waals surface area contributed by atoms with Gasteiger partial charge < -0.3 is 4.98 Å². The lowest BCUT2D eigenvalue weighted by atomic mass is 10.4. The number of nitrogens with one attached hydrogen (secondary N) is 1. The normalized spacial score (nSPS) is 11.7. The van der Waals surface area contributed by atoms with E-state index in [2.05, 4.69) is 25.9 Å². The van der Waals surface area contributed by atoms with E-state index in [1.165, 1.54) is 6.20 Å². The molecule has 0 aliphatic heterocycles. The first-order valence-electron chi connectivity index (χ1n) is 3.16. The van der Waals surface area contributed by atoms with Gasteiger partial charge >= 0.3 is 0 Å². The molecule has 0 fully saturated rings. The lowest BCUT2D eigenvalue weighted by molar-refractivity contribution is 0.927. The molecule has 7 heteroatoms. The van der Waals surface area contributed by atoms with E-state index in [0.717, 1.165) is 0 Å². The Hall–Kier alpha value is 0.230. The zero-order valence-corrected chi connectivity index (χ0v) is 10.0. The zero-order valence-electron chi connectivity index (χ0n) is 6.15. The molecule has 72 valence electrons. The summed E-state index contributed by atoms with van der Waals surface area (Å²) in [6.45, 7) is 0. The van der Waals surface area contributed by atoms with Crippen LogP contribution >= 0.6 is 50.7 Å². The maximum absolute atomic E-state index is 11.2. The first-order chi connectivity index (χ1) is 5.95. The highest BCUT2D eigenvalue weighted by atomic mass is 79.9. The van der Waals surface area contributed by atoms with Crippen molar-refractivity contribution in [3.05, 3.63) is 27.9 Å². The number of halogens is 4. The van der Waals surface area contributed by atoms with Crippen molar-refractivity contribution < 1.29 is 0 Å². The predicted molar refractivity (Wildman–Crippen MR) is 56.7 cm³/mol. The number of H-pyrrole nitrogens is 1. The van der Waals surface area contributed by atoms with Gasteiger partial charge in [-0.15, -0.1) is 0 Å². The summed E-state index contributed by atoms with van der Waals surface area (Å²) in [6.07, 6.45) is 1.37. The number of hydrogen-bond acceptors (Lipinski definition) is 2. The van der Waals surface area contributed by atoms with Crippen molar-refractivity contribution in [1.82, 2.24) is 9.97 Å². The SMILES string of the molecule is O=c1[nH]c(C(Cl)(Cl)Cl)ncc1CBr. The molecular weight excluding hydrogens is 302 g/mol. The minimum atomic E-state index is -1.69. The number of rotatable bonds is 1. The van der Waals surface area contributed by atoms with Crippen molar-refractivity contribution in [2.45, 2.75) is 9.12 Å². The lowest BCUT2D eigenvalue weighted by Gasteiger charge is -2.08. The molecule has 1 aromatic rings. The van der Waals surface area contributed by atoms with E-state index in [-0.39, 0.29) is 11.4 Å². The van der Waals surface area contributed by atoms with Crippen LogP contribution in [0.3, 0.4) is 0 Å². The van der Waals surface area contributed by atoms with Gasteiger partial charge in [-0.3, -0.25) is 4.79 Å². The van der Waals surface area contributed by atoms with E-state index >= 15 is 0 Å². The van der Waals surface area contributed by atoms with Crippen LogP contribution in [0.2, 0.25) is 0 Å². The molecule has 13 heavy (non-hydrogen) atoms. The number of hydrogen-bond donors (Lipinski definition) is 1. The highest BCUT2D eigenvalue weighted by Crippen LogP contribution is 2.34. The Morgan fingerprint density at radius 1 is 1.54 bits per heavy atom. The highest BCUT2D eigenvalue weighted by molar-refractivity contribution is 9.08. The van der Waals surface area contributed by atoms with Crippen LogP contribution < -0.4 is 5.56 Å². The largest absolute Gasteiger partial charge is 0.307 e. The third kappa shape index (κ3) is 2.84. The maximum atomic E-state index is 11.2. The van der Waals surface area contributed by atoms with Gasteiger partial charge in [-0.1, -0.05) is 50.7 Å². The van der Waals surface area contributed by atoms with Gasteiger partial charge in [0.2, 0.25) is 3.79 Å². The molecule has 0 radical (unpaired) electrons. The van der Waals surface area contributed by atoms with Crippen LogP contribution in [0, 0.1) is 0 Å². The quantitative estimate of drug-likeness (QED) is 0.810. The summed E-state index contributed by atoms with van der Waals surface area (Å²) in [5, 5.41) is 0.412. The number of aromatic nitrogens is 2. The molecule has 0 unspecified atom stereocenters. The van der Waals surface area contributed by atoms with Crippen LogP contribution in [0.1, 0.15) is 11.4 Å². The molecule has 1 rings (SSSR count). The van der Waals surface area contributed by atoms with Gasteiger partial charge in [0.1, 0.15) is 0 Å². The van der Waals surface area contributed by atoms with Gasteiger partial charge in [0.15, 0.2) is 5.82 Å². The average molecular weight is 306 g/mol. The van der Waals surface area contributed by atoms with Crippen molar-refractivity contribution in [2.24, 2.45) is 0 Å². The third-order valence-electron chi connectivity index (χ3n) is 1.29. The van der Waals surface area contributed by atoms with E-state index in [0.29, 0.717) is 10.9 Å². The standard InChI is InChI=1S/C6H4BrCl3N2O/c7-1-3-2-11-5(6(8,9)10)12-4(3)13/h2H,1H2,(H,11,12,13). The summed E-state index contributed by atoms with van der Waals surface area (Å²) in [6, 6.07) is 0. The van der Waals surface area contributed by atoms with E-state index in [1.54, 1.807) is 0 Å². The number of aromatic amines is 1. The molecule has 0 bridgehead atoms. The second-order valence-corrected chi connectivity index (χ2v) is 5.06. The van der Waals surface area contributed by atoms with Crippen molar-refractivity contribution in [2.75, 3.05) is 0 Å². The fraction of sp³-hybridized carbons (Fsp3) is 0.333. The van der Waals surface area contributed by atoms with E-state index in [1.807, 2.05) is 0 Å². The molecule has 0 aromatic carbocycles. The van der Waals surface area contributed by atoms with Crippen LogP contribution in [-0.4, -0.2) is 9.97 Å². The Morgan fingerprint density at radius 3 is 2.54 bits per heavy atom. The Balaban J connectivity index is 3.18. The molecule has 1 aromatic heterocycles. The van der Waals surface area contributed by atoms with E-state index < -0.39 is 3.79 Å². The van der Waals surface area contributed by atoms with E-state index in [4.69, 9.17) is 34.8 Å². The van der Waals surface area contributed by atoms with Crippen molar-refractivity contribution in [1.29, 1.82) is 0 Å². The first kappa shape index (κ1) is 11.3. The molecule has 0 saturated carbocycles. The molecule has 0 aliphatic rings. The van der Waals surface area contributed by atoms with Crippen molar-refractivity contribution in [3.8, 4) is 0 Å². The first-order valence-corrected chi connectivity index (χ1v) is 5.42. The van der Waals surface area contributed by atoms with Crippen LogP contribution in [0.4, 0.5) is 0 Å². The van der Waals surface area contributed by atoms with Gasteiger partial charge in [-0.25, -0.2) is 4.98 Å². The second-order valence-electron chi connectivity index (χ2n) is 2.22. The summed E-state index contributed by atoms with van der Waals surface area (Å²) in [5.41, 5.74) is 0.172. The lowest BCUT2D eigenvalue weighted by Crippen LogP contribution is -2.19. The topological polar surface area (TPSA) is 45.8 Å². The molecule has 0 spiro atoms. The maximum Gasteiger partial charge on any atom is 0.255 e. The number of alkyl halides is 4. The van der Waals surface area contributed by atoms with Gasteiger partial charge in [-0.2, -0.15) is 0 Å². The van der Waals surface area contributed by atoms with Gasteiger partial charge in [0.05, 0.1) is 0 Å². The molecule has 0 atom stereocenters. The molecule has 0 aliphatic carbocycles. The van der Waals surface area contributed by atoms with Gasteiger partial charge in [0.25, 0.3) is 5.56 Å². The smallest absolute Gasteiger partial charge is 0.255 e. The molecule has 3 nitrogen and oxygen atoms in total. The number of nitrogens with zero attached hydrogens (tertiary/aromatic N) is 1. The monoisotopic (exact) mass is 304 g/mol. The van der Waals surface area contributed by atoms with Crippen LogP contribution in [-0.2, 0) is 9.12 Å².